The van der Waals surface area contributed by atoms with Crippen LogP contribution in [-0.2, 0) is 0 Å². The molecule has 0 unspecified atom stereocenters. The van der Waals surface area contributed by atoms with E-state index < -0.39 is 0 Å². The van der Waals surface area contributed by atoms with E-state index in [9.17, 15) is 0 Å². The Kier molecular flexibility index (Phi) is 2.32. The lowest BCUT2D eigenvalue weighted by Gasteiger charge is -2.14. The fourth-order valence-electron chi connectivity index (χ4n) is 3.61. The summed E-state index contributed by atoms with van der Waals surface area (Å²) in [5.74, 6) is 1.82. The second-order valence-electron chi connectivity index (χ2n) is 5.61. The number of fused-ring (bicyclic) bond motifs is 5. The lowest BCUT2D eigenvalue weighted by molar-refractivity contribution is 0.198. The first kappa shape index (κ1) is 10.4. The Bertz CT molecular complexity index is 587. The van der Waals surface area contributed by atoms with Crippen LogP contribution in [0.25, 0.3) is 10.8 Å². The maximum absolute atomic E-state index is 6.30. The van der Waals surface area contributed by atoms with E-state index in [-0.39, 0.29) is 0 Å². The van der Waals surface area contributed by atoms with Crippen LogP contribution in [0.1, 0.15) is 43.6 Å². The maximum Gasteiger partial charge on any atom is 0.131 e. The Labute approximate surface area is 108 Å². The fourth-order valence-corrected chi connectivity index (χ4v) is 3.61. The molecule has 1 heteroatoms. The van der Waals surface area contributed by atoms with Crippen molar-refractivity contribution in [2.75, 3.05) is 0 Å². The summed E-state index contributed by atoms with van der Waals surface area (Å²) in [6.45, 7) is 0. The maximum atomic E-state index is 6.30. The summed E-state index contributed by atoms with van der Waals surface area (Å²) < 4.78 is 6.30. The molecular formula is C17H18O. The van der Waals surface area contributed by atoms with Crippen LogP contribution in [0.5, 0.6) is 5.75 Å². The van der Waals surface area contributed by atoms with Crippen LogP contribution in [0.4, 0.5) is 0 Å². The zero-order valence-corrected chi connectivity index (χ0v) is 10.6. The molecule has 2 aromatic rings. The van der Waals surface area contributed by atoms with E-state index in [1.54, 1.807) is 0 Å². The van der Waals surface area contributed by atoms with E-state index in [1.807, 2.05) is 0 Å². The van der Waals surface area contributed by atoms with Crippen molar-refractivity contribution < 1.29 is 4.74 Å². The molecule has 1 nitrogen and oxygen atoms in total. The lowest BCUT2D eigenvalue weighted by Crippen LogP contribution is -2.16. The van der Waals surface area contributed by atoms with Gasteiger partial charge in [0.05, 0.1) is 0 Å². The van der Waals surface area contributed by atoms with Crippen LogP contribution in [0.2, 0.25) is 0 Å². The smallest absolute Gasteiger partial charge is 0.131 e. The largest absolute Gasteiger partial charge is 0.489 e. The molecule has 0 spiro atoms. The van der Waals surface area contributed by atoms with Gasteiger partial charge in [0.1, 0.15) is 11.9 Å². The zero-order chi connectivity index (χ0) is 11.9. The molecule has 0 amide bonds. The van der Waals surface area contributed by atoms with Gasteiger partial charge in [-0.1, -0.05) is 49.2 Å². The standard InChI is InChI=1S/C17H18O/c1-2-8-14-15-11-10-12-6-4-5-7-13(12)17(15)18-16(14)9-3-1/h4-7,10-11,14,16H,1-3,8-9H2/t14-,16-/m0/s1. The Morgan fingerprint density at radius 2 is 1.78 bits per heavy atom. The van der Waals surface area contributed by atoms with Gasteiger partial charge in [0.25, 0.3) is 0 Å². The molecule has 1 saturated carbocycles. The summed E-state index contributed by atoms with van der Waals surface area (Å²) >= 11 is 0. The lowest BCUT2D eigenvalue weighted by atomic mass is 9.90. The van der Waals surface area contributed by atoms with Gasteiger partial charge in [0.2, 0.25) is 0 Å². The molecule has 0 N–H and O–H groups in total. The highest BCUT2D eigenvalue weighted by atomic mass is 16.5. The molecule has 92 valence electrons. The van der Waals surface area contributed by atoms with Crippen LogP contribution >= 0.6 is 0 Å². The summed E-state index contributed by atoms with van der Waals surface area (Å²) in [6, 6.07) is 13.1. The quantitative estimate of drug-likeness (QED) is 0.649. The zero-order valence-electron chi connectivity index (χ0n) is 10.6. The third-order valence-electron chi connectivity index (χ3n) is 4.53. The number of hydrogen-bond donors (Lipinski definition) is 0. The molecular weight excluding hydrogens is 220 g/mol. The fraction of sp³-hybridized carbons (Fsp3) is 0.412. The van der Waals surface area contributed by atoms with Crippen molar-refractivity contribution in [2.24, 2.45) is 0 Å². The highest BCUT2D eigenvalue weighted by Crippen LogP contribution is 2.47. The van der Waals surface area contributed by atoms with Crippen LogP contribution in [0.3, 0.4) is 0 Å². The molecule has 2 aliphatic rings. The molecule has 18 heavy (non-hydrogen) atoms. The number of benzene rings is 2. The van der Waals surface area contributed by atoms with Crippen molar-refractivity contribution in [1.29, 1.82) is 0 Å². The van der Waals surface area contributed by atoms with Gasteiger partial charge in [0.15, 0.2) is 0 Å². The van der Waals surface area contributed by atoms with Gasteiger partial charge in [-0.2, -0.15) is 0 Å². The van der Waals surface area contributed by atoms with Crippen molar-refractivity contribution in [1.82, 2.24) is 0 Å². The summed E-state index contributed by atoms with van der Waals surface area (Å²) in [5, 5.41) is 2.59. The Morgan fingerprint density at radius 3 is 2.78 bits per heavy atom. The van der Waals surface area contributed by atoms with Crippen molar-refractivity contribution >= 4 is 10.8 Å². The molecule has 1 heterocycles. The van der Waals surface area contributed by atoms with E-state index >= 15 is 0 Å². The molecule has 2 aromatic carbocycles. The highest BCUT2D eigenvalue weighted by molar-refractivity contribution is 5.90. The van der Waals surface area contributed by atoms with Crippen molar-refractivity contribution in [2.45, 2.75) is 44.1 Å². The molecule has 4 rings (SSSR count). The van der Waals surface area contributed by atoms with Gasteiger partial charge < -0.3 is 4.74 Å². The molecule has 0 aromatic heterocycles. The van der Waals surface area contributed by atoms with Crippen LogP contribution in [-0.4, -0.2) is 6.10 Å². The SMILES string of the molecule is c1ccc2c3c(ccc2c1)[C@@H]1CCCCC[C@@H]1O3. The minimum atomic E-state index is 0.438. The monoisotopic (exact) mass is 238 g/mol. The molecule has 0 radical (unpaired) electrons. The van der Waals surface area contributed by atoms with Gasteiger partial charge in [0, 0.05) is 16.9 Å². The molecule has 1 aliphatic carbocycles. The molecule has 0 bridgehead atoms. The second kappa shape index (κ2) is 4.01. The topological polar surface area (TPSA) is 9.23 Å². The predicted molar refractivity (Wildman–Crippen MR) is 74.2 cm³/mol. The number of ether oxygens (including phenoxy) is 1. The first-order valence-corrected chi connectivity index (χ1v) is 7.12. The van der Waals surface area contributed by atoms with E-state index in [0.29, 0.717) is 12.0 Å². The Morgan fingerprint density at radius 1 is 0.889 bits per heavy atom. The summed E-state index contributed by atoms with van der Waals surface area (Å²) in [5.41, 5.74) is 1.46. The van der Waals surface area contributed by atoms with E-state index in [4.69, 9.17) is 4.74 Å². The van der Waals surface area contributed by atoms with Gasteiger partial charge in [-0.15, -0.1) is 0 Å². The van der Waals surface area contributed by atoms with E-state index in [1.165, 1.54) is 54.2 Å². The third-order valence-corrected chi connectivity index (χ3v) is 4.53. The van der Waals surface area contributed by atoms with E-state index in [0.717, 1.165) is 0 Å². The van der Waals surface area contributed by atoms with Gasteiger partial charge >= 0.3 is 0 Å². The molecule has 0 saturated heterocycles. The van der Waals surface area contributed by atoms with Gasteiger partial charge in [-0.3, -0.25) is 0 Å². The third kappa shape index (κ3) is 1.46. The van der Waals surface area contributed by atoms with Gasteiger partial charge in [-0.25, -0.2) is 0 Å². The average Bonchev–Trinajstić information content (AvgIpc) is 2.61. The summed E-state index contributed by atoms with van der Waals surface area (Å²) in [4.78, 5) is 0. The minimum absolute atomic E-state index is 0.438. The second-order valence-corrected chi connectivity index (χ2v) is 5.61. The summed E-state index contributed by atoms with van der Waals surface area (Å²) in [6.07, 6.45) is 7.03. The Hall–Kier alpha value is -1.50. The van der Waals surface area contributed by atoms with Crippen molar-refractivity contribution in [3.05, 3.63) is 42.0 Å². The normalized spacial score (nSPS) is 26.2. The van der Waals surface area contributed by atoms with Crippen LogP contribution < -0.4 is 4.74 Å². The predicted octanol–water partition coefficient (Wildman–Crippen LogP) is 4.65. The Balaban J connectivity index is 1.88. The first-order valence-electron chi connectivity index (χ1n) is 7.12. The average molecular weight is 238 g/mol. The van der Waals surface area contributed by atoms with Crippen molar-refractivity contribution in [3.8, 4) is 5.75 Å². The highest BCUT2D eigenvalue weighted by Gasteiger charge is 2.35. The van der Waals surface area contributed by atoms with E-state index in [2.05, 4.69) is 36.4 Å². The first-order chi connectivity index (χ1) is 8.93. The number of rotatable bonds is 0. The van der Waals surface area contributed by atoms with Crippen molar-refractivity contribution in [3.63, 3.8) is 0 Å². The molecule has 2 atom stereocenters. The van der Waals surface area contributed by atoms with Crippen LogP contribution in [0.15, 0.2) is 36.4 Å². The molecule has 1 fully saturated rings. The molecule has 1 aliphatic heterocycles. The van der Waals surface area contributed by atoms with Gasteiger partial charge in [-0.05, 0) is 24.6 Å². The minimum Gasteiger partial charge on any atom is -0.489 e. The summed E-state index contributed by atoms with van der Waals surface area (Å²) in [7, 11) is 0. The van der Waals surface area contributed by atoms with Crippen LogP contribution in [0, 0.1) is 0 Å². The number of hydrogen-bond acceptors (Lipinski definition) is 1.